The number of amides is 1. The zero-order valence-corrected chi connectivity index (χ0v) is 12.4. The predicted octanol–water partition coefficient (Wildman–Crippen LogP) is 1.10. The molecule has 112 valence electrons. The number of rotatable bonds is 4. The van der Waals surface area contributed by atoms with Crippen LogP contribution in [0.1, 0.15) is 28.8 Å². The summed E-state index contributed by atoms with van der Waals surface area (Å²) in [5, 5.41) is 11.7. The monoisotopic (exact) mass is 286 g/mol. The first-order valence-electron chi connectivity index (χ1n) is 7.35. The molecule has 1 aromatic rings. The molecule has 1 fully saturated rings. The molecule has 1 saturated heterocycles. The van der Waals surface area contributed by atoms with E-state index in [4.69, 9.17) is 5.11 Å². The second kappa shape index (κ2) is 7.82. The predicted molar refractivity (Wildman–Crippen MR) is 83.0 cm³/mol. The number of aliphatic hydroxyl groups is 1. The molecule has 1 aliphatic rings. The minimum atomic E-state index is -0.0460. The maximum Gasteiger partial charge on any atom is 0.251 e. The smallest absolute Gasteiger partial charge is 0.251 e. The number of likely N-dealkylation sites (tertiary alicyclic amines) is 1. The van der Waals surface area contributed by atoms with Gasteiger partial charge in [0.05, 0.1) is 6.61 Å². The normalized spacial score (nSPS) is 18.1. The molecule has 1 aromatic carbocycles. The van der Waals surface area contributed by atoms with E-state index in [1.165, 1.54) is 0 Å². The Hall–Kier alpha value is -1.83. The molecule has 1 heterocycles. The largest absolute Gasteiger partial charge is 0.395 e. The van der Waals surface area contributed by atoms with Gasteiger partial charge in [0.25, 0.3) is 5.91 Å². The highest BCUT2D eigenvalue weighted by atomic mass is 16.2. The molecule has 0 saturated carbocycles. The fraction of sp³-hybridized carbons (Fsp3) is 0.471. The molecule has 2 N–H and O–H groups in total. The molecule has 4 nitrogen and oxygen atoms in total. The Morgan fingerprint density at radius 1 is 1.52 bits per heavy atom. The van der Waals surface area contributed by atoms with Crippen LogP contribution < -0.4 is 5.32 Å². The van der Waals surface area contributed by atoms with E-state index in [0.717, 1.165) is 31.6 Å². The van der Waals surface area contributed by atoms with E-state index in [-0.39, 0.29) is 12.5 Å². The number of nitrogens with one attached hydrogen (secondary N) is 1. The van der Waals surface area contributed by atoms with Crippen molar-refractivity contribution in [2.45, 2.75) is 12.8 Å². The number of aliphatic hydroxyl groups excluding tert-OH is 1. The average molecular weight is 286 g/mol. The third-order valence-corrected chi connectivity index (χ3v) is 3.63. The summed E-state index contributed by atoms with van der Waals surface area (Å²) >= 11 is 0. The summed E-state index contributed by atoms with van der Waals surface area (Å²) < 4.78 is 0. The SMILES string of the molecule is CN1CCC(CNC(=O)c2cccc(C#CCCO)c2)C1. The van der Waals surface area contributed by atoms with Gasteiger partial charge in [0.15, 0.2) is 0 Å². The van der Waals surface area contributed by atoms with Crippen molar-refractivity contribution in [3.8, 4) is 11.8 Å². The first-order valence-corrected chi connectivity index (χ1v) is 7.35. The van der Waals surface area contributed by atoms with Crippen LogP contribution in [-0.2, 0) is 0 Å². The fourth-order valence-electron chi connectivity index (χ4n) is 2.49. The van der Waals surface area contributed by atoms with E-state index < -0.39 is 0 Å². The molecule has 1 amide bonds. The summed E-state index contributed by atoms with van der Waals surface area (Å²) in [6, 6.07) is 7.29. The Bertz CT molecular complexity index is 545. The van der Waals surface area contributed by atoms with E-state index in [1.54, 1.807) is 12.1 Å². The minimum absolute atomic E-state index is 0.0460. The van der Waals surface area contributed by atoms with Crippen LogP contribution in [0.25, 0.3) is 0 Å². The van der Waals surface area contributed by atoms with Gasteiger partial charge in [-0.1, -0.05) is 17.9 Å². The van der Waals surface area contributed by atoms with Crippen LogP contribution in [0.3, 0.4) is 0 Å². The molecule has 0 spiro atoms. The second-order valence-corrected chi connectivity index (χ2v) is 5.48. The molecule has 0 radical (unpaired) electrons. The van der Waals surface area contributed by atoms with E-state index in [0.29, 0.717) is 17.9 Å². The van der Waals surface area contributed by atoms with Gasteiger partial charge in [-0.25, -0.2) is 0 Å². The van der Waals surface area contributed by atoms with Crippen LogP contribution in [0.4, 0.5) is 0 Å². The van der Waals surface area contributed by atoms with Crippen molar-refractivity contribution in [2.24, 2.45) is 5.92 Å². The number of nitrogens with zero attached hydrogens (tertiary/aromatic N) is 1. The van der Waals surface area contributed by atoms with Crippen LogP contribution in [0.15, 0.2) is 24.3 Å². The molecule has 1 aliphatic heterocycles. The lowest BCUT2D eigenvalue weighted by Crippen LogP contribution is -2.30. The maximum atomic E-state index is 12.2. The van der Waals surface area contributed by atoms with E-state index in [9.17, 15) is 4.79 Å². The molecular weight excluding hydrogens is 264 g/mol. The Morgan fingerprint density at radius 3 is 3.10 bits per heavy atom. The second-order valence-electron chi connectivity index (χ2n) is 5.48. The number of carbonyl (C=O) groups is 1. The van der Waals surface area contributed by atoms with Crippen molar-refractivity contribution < 1.29 is 9.90 Å². The summed E-state index contributed by atoms with van der Waals surface area (Å²) in [4.78, 5) is 14.4. The molecule has 0 aromatic heterocycles. The van der Waals surface area contributed by atoms with Crippen molar-refractivity contribution in [3.05, 3.63) is 35.4 Å². The van der Waals surface area contributed by atoms with Crippen molar-refractivity contribution >= 4 is 5.91 Å². The summed E-state index contributed by atoms with van der Waals surface area (Å²) in [7, 11) is 2.11. The lowest BCUT2D eigenvalue weighted by Gasteiger charge is -2.11. The van der Waals surface area contributed by atoms with Gasteiger partial charge in [-0.3, -0.25) is 4.79 Å². The van der Waals surface area contributed by atoms with E-state index >= 15 is 0 Å². The third-order valence-electron chi connectivity index (χ3n) is 3.63. The Kier molecular flexibility index (Phi) is 5.79. The summed E-state index contributed by atoms with van der Waals surface area (Å²) in [6.45, 7) is 2.94. The molecule has 21 heavy (non-hydrogen) atoms. The van der Waals surface area contributed by atoms with Gasteiger partial charge < -0.3 is 15.3 Å². The third kappa shape index (κ3) is 4.89. The molecule has 0 bridgehead atoms. The summed E-state index contributed by atoms with van der Waals surface area (Å²) in [5.74, 6) is 6.31. The van der Waals surface area contributed by atoms with Gasteiger partial charge in [0.2, 0.25) is 0 Å². The average Bonchev–Trinajstić information content (AvgIpc) is 2.91. The highest BCUT2D eigenvalue weighted by molar-refractivity contribution is 5.94. The van der Waals surface area contributed by atoms with Crippen molar-refractivity contribution in [1.29, 1.82) is 0 Å². The van der Waals surface area contributed by atoms with Gasteiger partial charge in [-0.05, 0) is 44.1 Å². The first kappa shape index (κ1) is 15.6. The fourth-order valence-corrected chi connectivity index (χ4v) is 2.49. The van der Waals surface area contributed by atoms with Crippen LogP contribution >= 0.6 is 0 Å². The highest BCUT2D eigenvalue weighted by Crippen LogP contribution is 2.13. The van der Waals surface area contributed by atoms with Crippen molar-refractivity contribution in [1.82, 2.24) is 10.2 Å². The minimum Gasteiger partial charge on any atom is -0.395 e. The zero-order valence-electron chi connectivity index (χ0n) is 12.4. The van der Waals surface area contributed by atoms with E-state index in [1.807, 2.05) is 12.1 Å². The van der Waals surface area contributed by atoms with Gasteiger partial charge in [0, 0.05) is 30.6 Å². The number of carbonyl (C=O) groups excluding carboxylic acids is 1. The quantitative estimate of drug-likeness (QED) is 0.815. The number of hydrogen-bond acceptors (Lipinski definition) is 3. The number of benzene rings is 1. The molecular formula is C17H22N2O2. The van der Waals surface area contributed by atoms with Crippen molar-refractivity contribution in [2.75, 3.05) is 33.3 Å². The van der Waals surface area contributed by atoms with Gasteiger partial charge >= 0.3 is 0 Å². The topological polar surface area (TPSA) is 52.6 Å². The van der Waals surface area contributed by atoms with Crippen LogP contribution in [0.2, 0.25) is 0 Å². The molecule has 1 unspecified atom stereocenters. The maximum absolute atomic E-state index is 12.2. The molecule has 0 aliphatic carbocycles. The van der Waals surface area contributed by atoms with Crippen LogP contribution in [-0.4, -0.2) is 49.2 Å². The lowest BCUT2D eigenvalue weighted by molar-refractivity contribution is 0.0947. The van der Waals surface area contributed by atoms with E-state index in [2.05, 4.69) is 29.1 Å². The number of hydrogen-bond donors (Lipinski definition) is 2. The molecule has 4 heteroatoms. The summed E-state index contributed by atoms with van der Waals surface area (Å²) in [6.07, 6.45) is 1.59. The zero-order chi connectivity index (χ0) is 15.1. The lowest BCUT2D eigenvalue weighted by atomic mass is 10.1. The summed E-state index contributed by atoms with van der Waals surface area (Å²) in [5.41, 5.74) is 1.44. The first-order chi connectivity index (χ1) is 10.2. The standard InChI is InChI=1S/C17H22N2O2/c1-19-9-8-15(13-19)12-18-17(21)16-7-4-6-14(11-16)5-2-3-10-20/h4,6-7,11,15,20H,3,8-10,12-13H2,1H3,(H,18,21). The van der Waals surface area contributed by atoms with Crippen LogP contribution in [0.5, 0.6) is 0 Å². The highest BCUT2D eigenvalue weighted by Gasteiger charge is 2.19. The van der Waals surface area contributed by atoms with Crippen molar-refractivity contribution in [3.63, 3.8) is 0 Å². The van der Waals surface area contributed by atoms with Gasteiger partial charge in [-0.15, -0.1) is 0 Å². The Morgan fingerprint density at radius 2 is 2.38 bits per heavy atom. The molecule has 2 rings (SSSR count). The molecule has 1 atom stereocenters. The van der Waals surface area contributed by atoms with Gasteiger partial charge in [0.1, 0.15) is 0 Å². The van der Waals surface area contributed by atoms with Gasteiger partial charge in [-0.2, -0.15) is 0 Å². The Balaban J connectivity index is 1.90. The van der Waals surface area contributed by atoms with Crippen LogP contribution in [0, 0.1) is 17.8 Å². The Labute approximate surface area is 126 Å².